The van der Waals surface area contributed by atoms with Crippen molar-refractivity contribution in [2.45, 2.75) is 25.2 Å². The molecule has 4 N–H and O–H groups in total. The Morgan fingerprint density at radius 2 is 2.31 bits per heavy atom. The molecule has 2 unspecified atom stereocenters. The molecule has 0 aliphatic carbocycles. The largest absolute Gasteiger partial charge is 0.372 e. The number of rotatable bonds is 5. The third-order valence-electron chi connectivity index (χ3n) is 4.39. The molecule has 0 radical (unpaired) electrons. The average Bonchev–Trinajstić information content (AvgIpc) is 3.27. The fraction of sp³-hybridized carbons (Fsp3) is 0.353. The van der Waals surface area contributed by atoms with E-state index >= 15 is 0 Å². The van der Waals surface area contributed by atoms with Crippen molar-refractivity contribution in [3.05, 3.63) is 47.0 Å². The molecule has 26 heavy (non-hydrogen) atoms. The number of halogens is 1. The van der Waals surface area contributed by atoms with E-state index < -0.39 is 6.23 Å². The van der Waals surface area contributed by atoms with E-state index in [9.17, 15) is 9.50 Å². The first-order chi connectivity index (χ1) is 12.6. The number of aliphatic hydroxyl groups is 1. The predicted molar refractivity (Wildman–Crippen MR) is 98.1 cm³/mol. The molecule has 4 heterocycles. The van der Waals surface area contributed by atoms with Crippen LogP contribution in [0.1, 0.15) is 23.9 Å². The van der Waals surface area contributed by atoms with Gasteiger partial charge >= 0.3 is 0 Å². The number of aliphatic hydroxyl groups excluding tert-OH is 1. The van der Waals surface area contributed by atoms with Crippen molar-refractivity contribution in [1.82, 2.24) is 19.9 Å². The Bertz CT molecular complexity index is 919. The van der Waals surface area contributed by atoms with Crippen LogP contribution in [0.4, 0.5) is 10.3 Å². The lowest BCUT2D eigenvalue weighted by Gasteiger charge is -2.22. The third-order valence-corrected chi connectivity index (χ3v) is 5.31. The lowest BCUT2D eigenvalue weighted by Crippen LogP contribution is -2.30. The Balaban J connectivity index is 1.60. The smallest absolute Gasteiger partial charge is 0.223 e. The van der Waals surface area contributed by atoms with Crippen LogP contribution >= 0.6 is 11.3 Å². The Kier molecular flexibility index (Phi) is 4.77. The highest BCUT2D eigenvalue weighted by atomic mass is 32.1. The summed E-state index contributed by atoms with van der Waals surface area (Å²) in [5, 5.41) is 15.8. The normalized spacial score (nSPS) is 19.1. The SMILES string of the molecule is NC1CCN(C(O)c2nc(NCc3cncc(F)c3)nc3ccsc23)C1. The number of aromatic nitrogens is 3. The van der Waals surface area contributed by atoms with Gasteiger partial charge in [0.15, 0.2) is 6.23 Å². The fourth-order valence-electron chi connectivity index (χ4n) is 3.08. The van der Waals surface area contributed by atoms with Crippen LogP contribution in [0.5, 0.6) is 0 Å². The zero-order chi connectivity index (χ0) is 18.1. The van der Waals surface area contributed by atoms with Crippen LogP contribution in [0.3, 0.4) is 0 Å². The zero-order valence-electron chi connectivity index (χ0n) is 14.0. The lowest BCUT2D eigenvalue weighted by molar-refractivity contribution is 0.0161. The predicted octanol–water partition coefficient (Wildman–Crippen LogP) is 1.86. The maximum absolute atomic E-state index is 13.3. The van der Waals surface area contributed by atoms with E-state index in [1.165, 1.54) is 17.4 Å². The molecule has 1 aliphatic heterocycles. The molecule has 0 amide bonds. The molecule has 3 aromatic heterocycles. The number of likely N-dealkylation sites (tertiary alicyclic amines) is 1. The summed E-state index contributed by atoms with van der Waals surface area (Å²) in [6, 6.07) is 3.37. The molecule has 1 aliphatic rings. The van der Waals surface area contributed by atoms with E-state index in [1.54, 1.807) is 6.20 Å². The topological polar surface area (TPSA) is 100 Å². The first kappa shape index (κ1) is 17.2. The van der Waals surface area contributed by atoms with E-state index in [4.69, 9.17) is 5.73 Å². The Labute approximate surface area is 153 Å². The quantitative estimate of drug-likeness (QED) is 0.627. The zero-order valence-corrected chi connectivity index (χ0v) is 14.8. The molecule has 0 bridgehead atoms. The minimum Gasteiger partial charge on any atom is -0.372 e. The van der Waals surface area contributed by atoms with Crippen molar-refractivity contribution in [1.29, 1.82) is 0 Å². The van der Waals surface area contributed by atoms with Gasteiger partial charge in [0.2, 0.25) is 5.95 Å². The van der Waals surface area contributed by atoms with Crippen LogP contribution in [-0.2, 0) is 6.54 Å². The molecule has 0 spiro atoms. The Morgan fingerprint density at radius 1 is 1.42 bits per heavy atom. The van der Waals surface area contributed by atoms with Gasteiger partial charge in [-0.1, -0.05) is 0 Å². The van der Waals surface area contributed by atoms with Crippen LogP contribution in [0.25, 0.3) is 10.2 Å². The van der Waals surface area contributed by atoms with Gasteiger partial charge in [0.05, 0.1) is 16.4 Å². The van der Waals surface area contributed by atoms with Gasteiger partial charge in [-0.2, -0.15) is 0 Å². The van der Waals surface area contributed by atoms with Crippen molar-refractivity contribution < 1.29 is 9.50 Å². The molecule has 136 valence electrons. The second-order valence-electron chi connectivity index (χ2n) is 6.35. The molecule has 7 nitrogen and oxygen atoms in total. The van der Waals surface area contributed by atoms with E-state index in [2.05, 4.69) is 20.3 Å². The number of pyridine rings is 1. The number of fused-ring (bicyclic) bond motifs is 1. The molecule has 1 fully saturated rings. The molecule has 4 rings (SSSR count). The number of nitrogens with zero attached hydrogens (tertiary/aromatic N) is 4. The summed E-state index contributed by atoms with van der Waals surface area (Å²) in [4.78, 5) is 14.8. The maximum Gasteiger partial charge on any atom is 0.223 e. The van der Waals surface area contributed by atoms with Crippen molar-refractivity contribution in [2.24, 2.45) is 5.73 Å². The molecular formula is C17H19FN6OS. The van der Waals surface area contributed by atoms with Crippen molar-refractivity contribution in [2.75, 3.05) is 18.4 Å². The van der Waals surface area contributed by atoms with Gasteiger partial charge in [-0.3, -0.25) is 9.88 Å². The highest BCUT2D eigenvalue weighted by Gasteiger charge is 2.28. The van der Waals surface area contributed by atoms with E-state index in [0.717, 1.165) is 29.4 Å². The van der Waals surface area contributed by atoms with Crippen molar-refractivity contribution in [3.8, 4) is 0 Å². The van der Waals surface area contributed by atoms with Gasteiger partial charge in [-0.15, -0.1) is 11.3 Å². The second-order valence-corrected chi connectivity index (χ2v) is 7.27. The average molecular weight is 374 g/mol. The van der Waals surface area contributed by atoms with Crippen LogP contribution < -0.4 is 11.1 Å². The summed E-state index contributed by atoms with van der Waals surface area (Å²) in [5.74, 6) is -0.00213. The molecule has 2 atom stereocenters. The van der Waals surface area contributed by atoms with Gasteiger partial charge in [-0.05, 0) is 29.5 Å². The van der Waals surface area contributed by atoms with Crippen LogP contribution in [-0.4, -0.2) is 44.1 Å². The molecule has 0 aromatic carbocycles. The van der Waals surface area contributed by atoms with E-state index in [-0.39, 0.29) is 11.9 Å². The summed E-state index contributed by atoms with van der Waals surface area (Å²) in [6.45, 7) is 1.71. The van der Waals surface area contributed by atoms with Crippen molar-refractivity contribution >= 4 is 27.5 Å². The molecule has 0 saturated carbocycles. The van der Waals surface area contributed by atoms with Gasteiger partial charge in [-0.25, -0.2) is 14.4 Å². The summed E-state index contributed by atoms with van der Waals surface area (Å²) in [7, 11) is 0. The number of thiophene rings is 1. The highest BCUT2D eigenvalue weighted by Crippen LogP contribution is 2.31. The first-order valence-corrected chi connectivity index (χ1v) is 9.24. The summed E-state index contributed by atoms with van der Waals surface area (Å²) in [6.07, 6.45) is 2.77. The Morgan fingerprint density at radius 3 is 3.08 bits per heavy atom. The highest BCUT2D eigenvalue weighted by molar-refractivity contribution is 7.17. The molecule has 3 aromatic rings. The summed E-state index contributed by atoms with van der Waals surface area (Å²) < 4.78 is 14.1. The van der Waals surface area contributed by atoms with Crippen LogP contribution in [0.2, 0.25) is 0 Å². The summed E-state index contributed by atoms with van der Waals surface area (Å²) in [5.41, 5.74) is 7.98. The maximum atomic E-state index is 13.3. The minimum absolute atomic E-state index is 0.0726. The van der Waals surface area contributed by atoms with Gasteiger partial charge in [0.1, 0.15) is 11.5 Å². The molecule has 1 saturated heterocycles. The monoisotopic (exact) mass is 374 g/mol. The van der Waals surface area contributed by atoms with Crippen LogP contribution in [0.15, 0.2) is 29.9 Å². The minimum atomic E-state index is -0.830. The van der Waals surface area contributed by atoms with Gasteiger partial charge < -0.3 is 16.2 Å². The van der Waals surface area contributed by atoms with E-state index in [1.807, 2.05) is 16.3 Å². The third kappa shape index (κ3) is 3.51. The van der Waals surface area contributed by atoms with Crippen molar-refractivity contribution in [3.63, 3.8) is 0 Å². The lowest BCUT2D eigenvalue weighted by atomic mass is 10.3. The van der Waals surface area contributed by atoms with Crippen LogP contribution in [0, 0.1) is 5.82 Å². The second kappa shape index (κ2) is 7.20. The number of nitrogens with two attached hydrogens (primary N) is 1. The molecule has 9 heteroatoms. The summed E-state index contributed by atoms with van der Waals surface area (Å²) >= 11 is 1.50. The van der Waals surface area contributed by atoms with Gasteiger partial charge in [0.25, 0.3) is 0 Å². The Hall–Kier alpha value is -2.20. The molecular weight excluding hydrogens is 355 g/mol. The first-order valence-electron chi connectivity index (χ1n) is 8.36. The fourth-order valence-corrected chi connectivity index (χ4v) is 3.92. The standard InChI is InChI=1S/C17H19FN6OS/c18-11-5-10(6-20-8-11)7-21-17-22-13-2-4-26-15(13)14(23-17)16(25)24-3-1-12(19)9-24/h2,4-6,8,12,16,25H,1,3,7,9,19H2,(H,21,22,23). The number of hydrogen-bond donors (Lipinski definition) is 3. The number of anilines is 1. The number of hydrogen-bond acceptors (Lipinski definition) is 8. The number of nitrogens with one attached hydrogen (secondary N) is 1. The van der Waals surface area contributed by atoms with E-state index in [0.29, 0.717) is 30.3 Å². The van der Waals surface area contributed by atoms with Gasteiger partial charge in [0, 0.05) is 31.9 Å².